The van der Waals surface area contributed by atoms with Gasteiger partial charge in [-0.05, 0) is 32.9 Å². The maximum atomic E-state index is 9.71. The molecular weight excluding hydrogens is 194 g/mol. The molecule has 0 saturated carbocycles. The Bertz CT molecular complexity index is 341. The van der Waals surface area contributed by atoms with Crippen molar-refractivity contribution in [1.29, 1.82) is 0 Å². The molecule has 1 aromatic heterocycles. The molecule has 0 saturated heterocycles. The molecule has 15 heavy (non-hydrogen) atoms. The fraction of sp³-hybridized carbons (Fsp3) is 0.545. The Hall–Kier alpha value is -1.13. The zero-order chi connectivity index (χ0) is 11.5. The summed E-state index contributed by atoms with van der Waals surface area (Å²) >= 11 is 0. The average Bonchev–Trinajstić information content (AvgIpc) is 2.60. The molecule has 0 aliphatic heterocycles. The number of nitrogens with zero attached hydrogens (tertiary/aromatic N) is 1. The van der Waals surface area contributed by atoms with E-state index in [0.717, 1.165) is 5.76 Å². The number of aliphatic hydroxyl groups is 1. The van der Waals surface area contributed by atoms with Gasteiger partial charge in [-0.25, -0.2) is 0 Å². The highest BCUT2D eigenvalue weighted by molar-refractivity contribution is 5.76. The predicted molar refractivity (Wildman–Crippen MR) is 58.1 cm³/mol. The van der Waals surface area contributed by atoms with Crippen molar-refractivity contribution in [2.45, 2.75) is 32.6 Å². The molecular formula is C11H17NO3. The number of aliphatic imine (C=N–C) groups is 1. The summed E-state index contributed by atoms with van der Waals surface area (Å²) in [6.07, 6.45) is 1.59. The van der Waals surface area contributed by atoms with Crippen LogP contribution in [0, 0.1) is 6.92 Å². The van der Waals surface area contributed by atoms with E-state index in [4.69, 9.17) is 9.15 Å². The van der Waals surface area contributed by atoms with Crippen molar-refractivity contribution in [3.8, 4) is 0 Å². The fourth-order valence-electron chi connectivity index (χ4n) is 1.02. The van der Waals surface area contributed by atoms with Gasteiger partial charge in [0.05, 0.1) is 6.21 Å². The molecule has 0 aliphatic rings. The van der Waals surface area contributed by atoms with Gasteiger partial charge in [-0.15, -0.1) is 0 Å². The lowest BCUT2D eigenvalue weighted by molar-refractivity contribution is -0.181. The molecule has 0 aromatic carbocycles. The first kappa shape index (κ1) is 11.9. The van der Waals surface area contributed by atoms with Crippen LogP contribution in [0.15, 0.2) is 21.5 Å². The quantitative estimate of drug-likeness (QED) is 0.609. The highest BCUT2D eigenvalue weighted by Crippen LogP contribution is 2.13. The van der Waals surface area contributed by atoms with Crippen molar-refractivity contribution >= 4 is 6.21 Å². The Morgan fingerprint density at radius 3 is 2.73 bits per heavy atom. The van der Waals surface area contributed by atoms with Gasteiger partial charge in [-0.1, -0.05) is 0 Å². The van der Waals surface area contributed by atoms with E-state index in [1.807, 2.05) is 19.1 Å². The van der Waals surface area contributed by atoms with Gasteiger partial charge < -0.3 is 14.3 Å². The molecule has 1 heterocycles. The lowest BCUT2D eigenvalue weighted by atomic mass is 10.1. The molecule has 4 nitrogen and oxygen atoms in total. The molecule has 0 bridgehead atoms. The van der Waals surface area contributed by atoms with Crippen LogP contribution in [-0.2, 0) is 4.74 Å². The minimum absolute atomic E-state index is 0.354. The second-order valence-electron chi connectivity index (χ2n) is 3.66. The van der Waals surface area contributed by atoms with E-state index < -0.39 is 5.79 Å². The van der Waals surface area contributed by atoms with Crippen molar-refractivity contribution in [2.24, 2.45) is 4.99 Å². The smallest absolute Gasteiger partial charge is 0.184 e. The summed E-state index contributed by atoms with van der Waals surface area (Å²) in [7, 11) is 1.45. The van der Waals surface area contributed by atoms with Crippen molar-refractivity contribution in [2.75, 3.05) is 7.11 Å². The molecule has 0 amide bonds. The molecule has 1 N–H and O–H groups in total. The lowest BCUT2D eigenvalue weighted by Gasteiger charge is -2.25. The number of rotatable bonds is 4. The van der Waals surface area contributed by atoms with Gasteiger partial charge >= 0.3 is 0 Å². The van der Waals surface area contributed by atoms with Crippen molar-refractivity contribution in [3.63, 3.8) is 0 Å². The summed E-state index contributed by atoms with van der Waals surface area (Å²) < 4.78 is 10.2. The summed E-state index contributed by atoms with van der Waals surface area (Å²) in [6.45, 7) is 5.21. The fourth-order valence-corrected chi connectivity index (χ4v) is 1.02. The van der Waals surface area contributed by atoms with Gasteiger partial charge in [0, 0.05) is 7.11 Å². The SMILES string of the molecule is COC(C)(O)C(C)/N=C\c1ccc(C)o1. The van der Waals surface area contributed by atoms with Crippen molar-refractivity contribution in [1.82, 2.24) is 0 Å². The molecule has 2 unspecified atom stereocenters. The van der Waals surface area contributed by atoms with Crippen molar-refractivity contribution in [3.05, 3.63) is 23.7 Å². The minimum atomic E-state index is -1.25. The van der Waals surface area contributed by atoms with Crippen LogP contribution >= 0.6 is 0 Å². The van der Waals surface area contributed by atoms with Gasteiger partial charge in [0.15, 0.2) is 5.79 Å². The predicted octanol–water partition coefficient (Wildman–Crippen LogP) is 1.75. The third-order valence-corrected chi connectivity index (χ3v) is 2.37. The molecule has 0 fully saturated rings. The first-order valence-electron chi connectivity index (χ1n) is 4.83. The normalized spacial score (nSPS) is 17.9. The minimum Gasteiger partial charge on any atom is -0.460 e. The molecule has 0 radical (unpaired) electrons. The molecule has 0 aliphatic carbocycles. The molecule has 1 rings (SSSR count). The maximum Gasteiger partial charge on any atom is 0.184 e. The van der Waals surface area contributed by atoms with Crippen LogP contribution in [0.1, 0.15) is 25.4 Å². The van der Waals surface area contributed by atoms with E-state index in [1.165, 1.54) is 7.11 Å². The number of hydrogen-bond donors (Lipinski definition) is 1. The number of aryl methyl sites for hydroxylation is 1. The Labute approximate surface area is 89.6 Å². The van der Waals surface area contributed by atoms with Crippen LogP contribution in [0.5, 0.6) is 0 Å². The van der Waals surface area contributed by atoms with E-state index in [0.29, 0.717) is 5.76 Å². The van der Waals surface area contributed by atoms with Crippen LogP contribution in [0.3, 0.4) is 0 Å². The second kappa shape index (κ2) is 4.59. The first-order valence-corrected chi connectivity index (χ1v) is 4.83. The Balaban J connectivity index is 2.66. The van der Waals surface area contributed by atoms with Gasteiger partial charge in [-0.3, -0.25) is 4.99 Å². The van der Waals surface area contributed by atoms with Gasteiger partial charge in [0.25, 0.3) is 0 Å². The number of hydrogen-bond acceptors (Lipinski definition) is 4. The van der Waals surface area contributed by atoms with E-state index in [9.17, 15) is 5.11 Å². The zero-order valence-electron chi connectivity index (χ0n) is 9.52. The summed E-state index contributed by atoms with van der Waals surface area (Å²) in [4.78, 5) is 4.16. The highest BCUT2D eigenvalue weighted by Gasteiger charge is 2.26. The van der Waals surface area contributed by atoms with E-state index >= 15 is 0 Å². The summed E-state index contributed by atoms with van der Waals surface area (Å²) in [5.74, 6) is 0.256. The molecule has 2 atom stereocenters. The topological polar surface area (TPSA) is 55.0 Å². The molecule has 4 heteroatoms. The third-order valence-electron chi connectivity index (χ3n) is 2.37. The van der Waals surface area contributed by atoms with Crippen LogP contribution in [0.4, 0.5) is 0 Å². The standard InChI is InChI=1S/C11H17NO3/c1-8-5-6-10(15-8)7-12-9(2)11(3,13)14-4/h5-7,9,13H,1-4H3/b12-7-. The monoisotopic (exact) mass is 211 g/mol. The Morgan fingerprint density at radius 1 is 1.60 bits per heavy atom. The molecule has 0 spiro atoms. The Kier molecular flexibility index (Phi) is 3.66. The van der Waals surface area contributed by atoms with Crippen LogP contribution in [0.25, 0.3) is 0 Å². The summed E-state index contributed by atoms with van der Waals surface area (Å²) in [5.41, 5.74) is 0. The average molecular weight is 211 g/mol. The Morgan fingerprint density at radius 2 is 2.27 bits per heavy atom. The maximum absolute atomic E-state index is 9.71. The van der Waals surface area contributed by atoms with Crippen LogP contribution in [-0.4, -0.2) is 30.3 Å². The second-order valence-corrected chi connectivity index (χ2v) is 3.66. The van der Waals surface area contributed by atoms with Gasteiger partial charge in [0.2, 0.25) is 0 Å². The third kappa shape index (κ3) is 3.18. The number of furan rings is 1. The molecule has 84 valence electrons. The summed E-state index contributed by atoms with van der Waals surface area (Å²) in [5, 5.41) is 9.71. The number of methoxy groups -OCH3 is 1. The van der Waals surface area contributed by atoms with E-state index in [1.54, 1.807) is 20.1 Å². The first-order chi connectivity index (χ1) is 6.95. The van der Waals surface area contributed by atoms with Crippen molar-refractivity contribution < 1.29 is 14.3 Å². The largest absolute Gasteiger partial charge is 0.460 e. The summed E-state index contributed by atoms with van der Waals surface area (Å²) in [6, 6.07) is 3.33. The highest BCUT2D eigenvalue weighted by atomic mass is 16.6. The molecule has 1 aromatic rings. The number of ether oxygens (including phenoxy) is 1. The van der Waals surface area contributed by atoms with Gasteiger partial charge in [0.1, 0.15) is 17.6 Å². The van der Waals surface area contributed by atoms with Crippen LogP contribution in [0.2, 0.25) is 0 Å². The van der Waals surface area contributed by atoms with E-state index in [-0.39, 0.29) is 6.04 Å². The lowest BCUT2D eigenvalue weighted by Crippen LogP contribution is -2.37. The van der Waals surface area contributed by atoms with Gasteiger partial charge in [-0.2, -0.15) is 0 Å². The van der Waals surface area contributed by atoms with E-state index in [2.05, 4.69) is 4.99 Å². The zero-order valence-corrected chi connectivity index (χ0v) is 9.52. The van der Waals surface area contributed by atoms with Crippen LogP contribution < -0.4 is 0 Å².